The second kappa shape index (κ2) is 4.89. The molecule has 0 atom stereocenters. The Morgan fingerprint density at radius 1 is 1.00 bits per heavy atom. The van der Waals surface area contributed by atoms with E-state index in [1.807, 2.05) is 12.3 Å². The van der Waals surface area contributed by atoms with Crippen molar-refractivity contribution in [2.75, 3.05) is 11.6 Å². The van der Waals surface area contributed by atoms with Gasteiger partial charge in [0.1, 0.15) is 6.67 Å². The fourth-order valence-corrected chi connectivity index (χ4v) is 3.51. The van der Waals surface area contributed by atoms with Crippen LogP contribution in [0.25, 0.3) is 21.8 Å². The summed E-state index contributed by atoms with van der Waals surface area (Å²) in [5.74, 6) is 0.948. The van der Waals surface area contributed by atoms with Crippen LogP contribution in [0.2, 0.25) is 0 Å². The molecule has 0 fully saturated rings. The quantitative estimate of drug-likeness (QED) is 0.596. The van der Waals surface area contributed by atoms with E-state index < -0.39 is 0 Å². The smallest absolute Gasteiger partial charge is 0.163 e. The molecule has 5 heteroatoms. The van der Waals surface area contributed by atoms with E-state index in [-0.39, 0.29) is 0 Å². The Balaban J connectivity index is 1.67. The van der Waals surface area contributed by atoms with E-state index in [2.05, 4.69) is 80.7 Å². The van der Waals surface area contributed by atoms with Crippen LogP contribution in [0.3, 0.4) is 0 Å². The van der Waals surface area contributed by atoms with E-state index in [0.717, 1.165) is 16.9 Å². The molecule has 0 saturated heterocycles. The molecule has 0 spiro atoms. The molecule has 5 nitrogen and oxygen atoms in total. The fourth-order valence-electron chi connectivity index (χ4n) is 3.51. The largest absolute Gasteiger partial charge is 0.360 e. The monoisotopic (exact) mass is 315 g/mol. The van der Waals surface area contributed by atoms with Crippen LogP contribution >= 0.6 is 0 Å². The van der Waals surface area contributed by atoms with Crippen molar-refractivity contribution in [3.05, 3.63) is 66.5 Å². The summed E-state index contributed by atoms with van der Waals surface area (Å²) >= 11 is 0. The van der Waals surface area contributed by atoms with E-state index in [1.54, 1.807) is 0 Å². The Morgan fingerprint density at radius 2 is 1.79 bits per heavy atom. The summed E-state index contributed by atoms with van der Waals surface area (Å²) in [6, 6.07) is 16.8. The molecule has 5 rings (SSSR count). The molecule has 1 aliphatic heterocycles. The third kappa shape index (κ3) is 1.78. The molecule has 1 aliphatic rings. The molecule has 2 N–H and O–H groups in total. The Bertz CT molecular complexity index is 1090. The van der Waals surface area contributed by atoms with E-state index in [1.165, 1.54) is 22.0 Å². The van der Waals surface area contributed by atoms with Gasteiger partial charge in [0, 0.05) is 46.8 Å². The Morgan fingerprint density at radius 3 is 2.71 bits per heavy atom. The third-order valence-electron chi connectivity index (χ3n) is 4.67. The second-order valence-electron chi connectivity index (χ2n) is 6.07. The van der Waals surface area contributed by atoms with Gasteiger partial charge in [-0.3, -0.25) is 5.43 Å². The van der Waals surface area contributed by atoms with Crippen LogP contribution in [0.5, 0.6) is 0 Å². The van der Waals surface area contributed by atoms with Gasteiger partial charge in [-0.05, 0) is 12.1 Å². The highest BCUT2D eigenvalue weighted by Gasteiger charge is 2.25. The maximum Gasteiger partial charge on any atom is 0.163 e. The molecule has 2 aromatic carbocycles. The number of nitrogens with one attached hydrogen (secondary N) is 2. The minimum atomic E-state index is 0.669. The Hall–Kier alpha value is -3.21. The van der Waals surface area contributed by atoms with Crippen LogP contribution in [0, 0.1) is 0 Å². The van der Waals surface area contributed by atoms with E-state index >= 15 is 0 Å². The number of H-pyrrole nitrogens is 1. The lowest BCUT2D eigenvalue weighted by Crippen LogP contribution is -2.29. The molecular weight excluding hydrogens is 298 g/mol. The zero-order chi connectivity index (χ0) is 16.1. The normalized spacial score (nSPS) is 14.4. The van der Waals surface area contributed by atoms with Crippen molar-refractivity contribution in [2.24, 2.45) is 12.1 Å². The molecule has 0 unspecified atom stereocenters. The summed E-state index contributed by atoms with van der Waals surface area (Å²) in [5, 5.41) is 6.98. The van der Waals surface area contributed by atoms with Gasteiger partial charge >= 0.3 is 0 Å². The predicted octanol–water partition coefficient (Wildman–Crippen LogP) is 3.39. The maximum absolute atomic E-state index is 4.57. The zero-order valence-corrected chi connectivity index (χ0v) is 13.3. The summed E-state index contributed by atoms with van der Waals surface area (Å²) < 4.78 is 2.16. The minimum absolute atomic E-state index is 0.669. The number of hydrogen-bond acceptors (Lipinski definition) is 3. The van der Waals surface area contributed by atoms with Gasteiger partial charge in [0.25, 0.3) is 0 Å². The number of hydrogen-bond donors (Lipinski definition) is 2. The van der Waals surface area contributed by atoms with Gasteiger partial charge in [-0.15, -0.1) is 0 Å². The van der Waals surface area contributed by atoms with Crippen molar-refractivity contribution in [3.63, 3.8) is 0 Å². The van der Waals surface area contributed by atoms with Crippen molar-refractivity contribution < 1.29 is 0 Å². The number of rotatable bonds is 2. The number of aromatic amines is 1. The van der Waals surface area contributed by atoms with Crippen LogP contribution < -0.4 is 10.3 Å². The summed E-state index contributed by atoms with van der Waals surface area (Å²) in [6.07, 6.45) is 4.21. The third-order valence-corrected chi connectivity index (χ3v) is 4.67. The number of amidine groups is 1. The van der Waals surface area contributed by atoms with Gasteiger partial charge in [-0.25, -0.2) is 0 Å². The summed E-state index contributed by atoms with van der Waals surface area (Å²) in [5.41, 5.74) is 7.77. The molecule has 0 aliphatic carbocycles. The van der Waals surface area contributed by atoms with Crippen molar-refractivity contribution >= 4 is 33.3 Å². The highest BCUT2D eigenvalue weighted by Crippen LogP contribution is 2.31. The number of aromatic nitrogens is 2. The molecule has 0 amide bonds. The van der Waals surface area contributed by atoms with Crippen molar-refractivity contribution in [1.82, 2.24) is 15.0 Å². The number of aryl methyl sites for hydroxylation is 1. The van der Waals surface area contributed by atoms with Gasteiger partial charge in [0.2, 0.25) is 0 Å². The number of nitrogens with zero attached hydrogens (tertiary/aromatic N) is 3. The van der Waals surface area contributed by atoms with Crippen LogP contribution in [-0.2, 0) is 7.05 Å². The molecular formula is C19H17N5. The Kier molecular flexibility index (Phi) is 2.70. The van der Waals surface area contributed by atoms with E-state index in [4.69, 9.17) is 0 Å². The first-order chi connectivity index (χ1) is 11.8. The number of fused-ring (bicyclic) bond motifs is 2. The number of benzene rings is 2. The topological polar surface area (TPSA) is 48.4 Å². The van der Waals surface area contributed by atoms with Crippen LogP contribution in [0.15, 0.2) is 66.0 Å². The number of hydrazone groups is 1. The van der Waals surface area contributed by atoms with E-state index in [0.29, 0.717) is 6.67 Å². The lowest BCUT2D eigenvalue weighted by atomic mass is 10.1. The summed E-state index contributed by atoms with van der Waals surface area (Å²) in [6.45, 7) is 0.669. The molecule has 24 heavy (non-hydrogen) atoms. The molecule has 3 heterocycles. The molecule has 2 aromatic heterocycles. The number of anilines is 1. The van der Waals surface area contributed by atoms with Crippen LogP contribution in [0.4, 0.5) is 5.69 Å². The second-order valence-corrected chi connectivity index (χ2v) is 6.07. The van der Waals surface area contributed by atoms with Gasteiger partial charge in [-0.2, -0.15) is 5.10 Å². The first-order valence-corrected chi connectivity index (χ1v) is 8.01. The first kappa shape index (κ1) is 13.2. The lowest BCUT2D eigenvalue weighted by Gasteiger charge is -2.18. The molecule has 4 aromatic rings. The maximum atomic E-state index is 4.57. The van der Waals surface area contributed by atoms with E-state index in [9.17, 15) is 0 Å². The summed E-state index contributed by atoms with van der Waals surface area (Å²) in [4.78, 5) is 5.57. The minimum Gasteiger partial charge on any atom is -0.360 e. The molecule has 0 radical (unpaired) electrons. The first-order valence-electron chi connectivity index (χ1n) is 8.01. The predicted molar refractivity (Wildman–Crippen MR) is 98.2 cm³/mol. The highest BCUT2D eigenvalue weighted by atomic mass is 15.5. The Labute approximate surface area is 139 Å². The van der Waals surface area contributed by atoms with Gasteiger partial charge in [0.15, 0.2) is 5.84 Å². The lowest BCUT2D eigenvalue weighted by molar-refractivity contribution is 0.807. The standard InChI is InChI=1S/C19H17N5/c1-23-11-18(14-7-3-5-9-17(14)23)24-12-21-22-19(24)15-10-20-16-8-4-2-6-13(15)16/h2-11,20-21H,12H2,1H3. The average molecular weight is 315 g/mol. The number of para-hydroxylation sites is 2. The van der Waals surface area contributed by atoms with Crippen LogP contribution in [0.1, 0.15) is 5.56 Å². The fraction of sp³-hybridized carbons (Fsp3) is 0.105. The summed E-state index contributed by atoms with van der Waals surface area (Å²) in [7, 11) is 2.08. The molecule has 0 bridgehead atoms. The van der Waals surface area contributed by atoms with Gasteiger partial charge in [0.05, 0.1) is 5.69 Å². The SMILES string of the molecule is Cn1cc(N2CNN=C2c2c[nH]c3ccccc23)c2ccccc21. The molecule has 0 saturated carbocycles. The average Bonchev–Trinajstić information content (AvgIpc) is 3.32. The van der Waals surface area contributed by atoms with Crippen molar-refractivity contribution in [1.29, 1.82) is 0 Å². The molecule has 118 valence electrons. The van der Waals surface area contributed by atoms with Crippen LogP contribution in [-0.4, -0.2) is 22.1 Å². The van der Waals surface area contributed by atoms with Gasteiger partial charge in [-0.1, -0.05) is 36.4 Å². The highest BCUT2D eigenvalue weighted by molar-refractivity contribution is 6.19. The van der Waals surface area contributed by atoms with Crippen molar-refractivity contribution in [3.8, 4) is 0 Å². The van der Waals surface area contributed by atoms with Gasteiger partial charge < -0.3 is 14.5 Å². The zero-order valence-electron chi connectivity index (χ0n) is 13.3. The van der Waals surface area contributed by atoms with Crippen molar-refractivity contribution in [2.45, 2.75) is 0 Å².